The van der Waals surface area contributed by atoms with Gasteiger partial charge in [0.1, 0.15) is 0 Å². The molecule has 0 unspecified atom stereocenters. The van der Waals surface area contributed by atoms with Gasteiger partial charge in [0.2, 0.25) is 0 Å². The van der Waals surface area contributed by atoms with E-state index in [2.05, 4.69) is 0 Å². The molecule has 4 nitrogen and oxygen atoms in total. The minimum atomic E-state index is -1.51. The van der Waals surface area contributed by atoms with Gasteiger partial charge in [-0.1, -0.05) is 6.92 Å². The lowest BCUT2D eigenvalue weighted by atomic mass is 9.80. The number of aliphatic carboxylic acids is 2. The van der Waals surface area contributed by atoms with Gasteiger partial charge < -0.3 is 10.2 Å². The molecular formula is C8H12O4. The Morgan fingerprint density at radius 1 is 1.33 bits per heavy atom. The Bertz CT molecular complexity index is 203. The van der Waals surface area contributed by atoms with E-state index in [9.17, 15) is 9.59 Å². The second-order valence-corrected chi connectivity index (χ2v) is 3.21. The normalized spacial score (nSPS) is 17.4. The SMILES string of the molecule is CCC(C(=O)O)(C(=O)O)C1CC1. The summed E-state index contributed by atoms with van der Waals surface area (Å²) in [4.78, 5) is 21.6. The van der Waals surface area contributed by atoms with Gasteiger partial charge in [0.15, 0.2) is 5.41 Å². The average molecular weight is 172 g/mol. The lowest BCUT2D eigenvalue weighted by molar-refractivity contribution is -0.166. The lowest BCUT2D eigenvalue weighted by Gasteiger charge is -2.22. The number of hydrogen-bond acceptors (Lipinski definition) is 2. The highest BCUT2D eigenvalue weighted by molar-refractivity contribution is 5.98. The van der Waals surface area contributed by atoms with E-state index in [4.69, 9.17) is 10.2 Å². The highest BCUT2D eigenvalue weighted by atomic mass is 16.4. The summed E-state index contributed by atoms with van der Waals surface area (Å²) in [5.74, 6) is -2.54. The van der Waals surface area contributed by atoms with Crippen molar-refractivity contribution in [1.29, 1.82) is 0 Å². The summed E-state index contributed by atoms with van der Waals surface area (Å²) >= 11 is 0. The fourth-order valence-corrected chi connectivity index (χ4v) is 1.61. The van der Waals surface area contributed by atoms with E-state index in [-0.39, 0.29) is 12.3 Å². The zero-order valence-corrected chi connectivity index (χ0v) is 6.91. The van der Waals surface area contributed by atoms with Crippen LogP contribution in [-0.4, -0.2) is 22.2 Å². The summed E-state index contributed by atoms with van der Waals surface area (Å²) < 4.78 is 0. The van der Waals surface area contributed by atoms with Crippen molar-refractivity contribution in [2.75, 3.05) is 0 Å². The van der Waals surface area contributed by atoms with Crippen LogP contribution in [0.25, 0.3) is 0 Å². The van der Waals surface area contributed by atoms with Gasteiger partial charge in [-0.2, -0.15) is 0 Å². The topological polar surface area (TPSA) is 74.6 Å². The zero-order chi connectivity index (χ0) is 9.35. The molecule has 0 aliphatic heterocycles. The molecule has 12 heavy (non-hydrogen) atoms. The largest absolute Gasteiger partial charge is 0.480 e. The van der Waals surface area contributed by atoms with Crippen molar-refractivity contribution in [2.24, 2.45) is 11.3 Å². The third-order valence-corrected chi connectivity index (χ3v) is 2.60. The molecule has 0 atom stereocenters. The van der Waals surface area contributed by atoms with Crippen LogP contribution in [0.4, 0.5) is 0 Å². The number of carboxylic acids is 2. The van der Waals surface area contributed by atoms with E-state index in [0.29, 0.717) is 0 Å². The average Bonchev–Trinajstić information content (AvgIpc) is 2.72. The molecule has 0 aromatic rings. The van der Waals surface area contributed by atoms with Gasteiger partial charge in [0.05, 0.1) is 0 Å². The monoisotopic (exact) mass is 172 g/mol. The predicted octanol–water partition coefficient (Wildman–Crippen LogP) is 0.962. The van der Waals surface area contributed by atoms with E-state index in [1.165, 1.54) is 0 Å². The molecule has 1 aliphatic rings. The molecule has 68 valence electrons. The van der Waals surface area contributed by atoms with Crippen molar-refractivity contribution in [3.8, 4) is 0 Å². The van der Waals surface area contributed by atoms with Gasteiger partial charge in [0, 0.05) is 0 Å². The standard InChI is InChI=1S/C8H12O4/c1-2-8(6(9)10,7(11)12)5-3-4-5/h5H,2-4H2,1H3,(H,9,10)(H,11,12). The van der Waals surface area contributed by atoms with Gasteiger partial charge >= 0.3 is 11.9 Å². The molecule has 2 N–H and O–H groups in total. The first kappa shape index (κ1) is 9.03. The molecule has 1 rings (SSSR count). The first-order valence-electron chi connectivity index (χ1n) is 4.02. The van der Waals surface area contributed by atoms with Crippen LogP contribution in [0.3, 0.4) is 0 Å². The summed E-state index contributed by atoms with van der Waals surface area (Å²) in [5.41, 5.74) is -1.51. The third kappa shape index (κ3) is 1.07. The van der Waals surface area contributed by atoms with Gasteiger partial charge in [-0.15, -0.1) is 0 Å². The first-order valence-corrected chi connectivity index (χ1v) is 4.02. The third-order valence-electron chi connectivity index (χ3n) is 2.60. The molecule has 0 saturated heterocycles. The lowest BCUT2D eigenvalue weighted by Crippen LogP contribution is -2.40. The van der Waals surface area contributed by atoms with Gasteiger partial charge in [-0.25, -0.2) is 0 Å². The number of carbonyl (C=O) groups is 2. The van der Waals surface area contributed by atoms with Crippen molar-refractivity contribution >= 4 is 11.9 Å². The highest BCUT2D eigenvalue weighted by Gasteiger charge is 2.55. The minimum absolute atomic E-state index is 0.155. The summed E-state index contributed by atoms with van der Waals surface area (Å²) in [7, 11) is 0. The molecular weight excluding hydrogens is 160 g/mol. The van der Waals surface area contributed by atoms with Gasteiger partial charge in [0.25, 0.3) is 0 Å². The van der Waals surface area contributed by atoms with Crippen LogP contribution in [0, 0.1) is 11.3 Å². The van der Waals surface area contributed by atoms with Crippen molar-refractivity contribution in [3.05, 3.63) is 0 Å². The fraction of sp³-hybridized carbons (Fsp3) is 0.750. The summed E-state index contributed by atoms with van der Waals surface area (Å²) in [6.45, 7) is 1.61. The molecule has 0 aromatic heterocycles. The van der Waals surface area contributed by atoms with Crippen molar-refractivity contribution in [2.45, 2.75) is 26.2 Å². The van der Waals surface area contributed by atoms with Gasteiger partial charge in [-0.3, -0.25) is 9.59 Å². The van der Waals surface area contributed by atoms with Crippen LogP contribution < -0.4 is 0 Å². The predicted molar refractivity (Wildman–Crippen MR) is 40.7 cm³/mol. The van der Waals surface area contributed by atoms with E-state index in [1.54, 1.807) is 6.92 Å². The first-order chi connectivity index (χ1) is 5.55. The molecule has 0 spiro atoms. The Labute approximate surface area is 70.2 Å². The molecule has 4 heteroatoms. The molecule has 0 heterocycles. The van der Waals surface area contributed by atoms with Crippen LogP contribution in [0.15, 0.2) is 0 Å². The quantitative estimate of drug-likeness (QED) is 0.619. The molecule has 0 bridgehead atoms. The Morgan fingerprint density at radius 3 is 1.83 bits per heavy atom. The van der Waals surface area contributed by atoms with Crippen LogP contribution in [0.2, 0.25) is 0 Å². The summed E-state index contributed by atoms with van der Waals surface area (Å²) in [6.07, 6.45) is 1.63. The van der Waals surface area contributed by atoms with Crippen LogP contribution >= 0.6 is 0 Å². The second kappa shape index (κ2) is 2.77. The number of hydrogen-bond donors (Lipinski definition) is 2. The summed E-state index contributed by atoms with van der Waals surface area (Å²) in [5, 5.41) is 17.6. The van der Waals surface area contributed by atoms with Crippen molar-refractivity contribution in [3.63, 3.8) is 0 Å². The molecule has 1 saturated carbocycles. The maximum Gasteiger partial charge on any atom is 0.321 e. The van der Waals surface area contributed by atoms with E-state index >= 15 is 0 Å². The van der Waals surface area contributed by atoms with Crippen molar-refractivity contribution in [1.82, 2.24) is 0 Å². The van der Waals surface area contributed by atoms with E-state index in [1.807, 2.05) is 0 Å². The van der Waals surface area contributed by atoms with Crippen molar-refractivity contribution < 1.29 is 19.8 Å². The second-order valence-electron chi connectivity index (χ2n) is 3.21. The maximum absolute atomic E-state index is 10.8. The molecule has 0 aromatic carbocycles. The Balaban J connectivity index is 2.94. The minimum Gasteiger partial charge on any atom is -0.480 e. The van der Waals surface area contributed by atoms with E-state index in [0.717, 1.165) is 12.8 Å². The summed E-state index contributed by atoms with van der Waals surface area (Å²) in [6, 6.07) is 0. The van der Waals surface area contributed by atoms with E-state index < -0.39 is 17.4 Å². The Hall–Kier alpha value is -1.06. The molecule has 1 aliphatic carbocycles. The Kier molecular flexibility index (Phi) is 2.08. The zero-order valence-electron chi connectivity index (χ0n) is 6.91. The molecule has 0 amide bonds. The number of carboxylic acid groups (broad SMARTS) is 2. The van der Waals surface area contributed by atoms with Crippen LogP contribution in [0.5, 0.6) is 0 Å². The highest BCUT2D eigenvalue weighted by Crippen LogP contribution is 2.48. The fourth-order valence-electron chi connectivity index (χ4n) is 1.61. The molecule has 0 radical (unpaired) electrons. The Morgan fingerprint density at radius 2 is 1.75 bits per heavy atom. The smallest absolute Gasteiger partial charge is 0.321 e. The number of rotatable bonds is 4. The van der Waals surface area contributed by atoms with Gasteiger partial charge in [-0.05, 0) is 25.2 Å². The van der Waals surface area contributed by atoms with Crippen LogP contribution in [0.1, 0.15) is 26.2 Å². The maximum atomic E-state index is 10.8. The van der Waals surface area contributed by atoms with Crippen LogP contribution in [-0.2, 0) is 9.59 Å². The molecule has 1 fully saturated rings.